The van der Waals surface area contributed by atoms with Crippen LogP contribution in [0.3, 0.4) is 0 Å². The molecule has 0 saturated carbocycles. The van der Waals surface area contributed by atoms with Gasteiger partial charge < -0.3 is 15.4 Å². The first-order valence-electron chi connectivity index (χ1n) is 6.35. The molecule has 1 atom stereocenters. The van der Waals surface area contributed by atoms with Gasteiger partial charge in [-0.15, -0.1) is 0 Å². The molecule has 1 fully saturated rings. The lowest BCUT2D eigenvalue weighted by Crippen LogP contribution is -2.27. The number of carbonyl (C=O) groups is 2. The summed E-state index contributed by atoms with van der Waals surface area (Å²) in [5.74, 6) is -0.123. The lowest BCUT2D eigenvalue weighted by molar-refractivity contribution is -0.122. The van der Waals surface area contributed by atoms with Crippen LogP contribution in [0.4, 0.5) is 5.69 Å². The third-order valence-corrected chi connectivity index (χ3v) is 2.84. The number of hydrogen-bond acceptors (Lipinski definition) is 3. The van der Waals surface area contributed by atoms with Crippen LogP contribution in [0.5, 0.6) is 0 Å². The summed E-state index contributed by atoms with van der Waals surface area (Å²) in [4.78, 5) is 22.9. The van der Waals surface area contributed by atoms with Crippen molar-refractivity contribution in [1.29, 1.82) is 0 Å². The molecule has 19 heavy (non-hydrogen) atoms. The summed E-state index contributed by atoms with van der Waals surface area (Å²) in [6, 6.07) is 7.42. The molecule has 0 aliphatic carbocycles. The smallest absolute Gasteiger partial charge is 0.251 e. The quantitative estimate of drug-likeness (QED) is 0.786. The van der Waals surface area contributed by atoms with Gasteiger partial charge in [0.25, 0.3) is 5.91 Å². The van der Waals surface area contributed by atoms with Crippen molar-refractivity contribution in [2.75, 3.05) is 11.9 Å². The van der Waals surface area contributed by atoms with Crippen molar-refractivity contribution in [3.63, 3.8) is 0 Å². The molecule has 5 nitrogen and oxygen atoms in total. The fourth-order valence-corrected chi connectivity index (χ4v) is 1.50. The van der Waals surface area contributed by atoms with E-state index in [4.69, 9.17) is 4.74 Å². The van der Waals surface area contributed by atoms with Gasteiger partial charge in [0, 0.05) is 18.2 Å². The van der Waals surface area contributed by atoms with E-state index in [0.29, 0.717) is 13.2 Å². The topological polar surface area (TPSA) is 70.7 Å². The molecule has 0 bridgehead atoms. The first-order valence-corrected chi connectivity index (χ1v) is 6.35. The number of carbonyl (C=O) groups excluding carboxylic acids is 2. The van der Waals surface area contributed by atoms with Crippen LogP contribution in [0.25, 0.3) is 0 Å². The Balaban J connectivity index is 1.83. The van der Waals surface area contributed by atoms with Crippen LogP contribution in [-0.2, 0) is 20.9 Å². The molecule has 2 amide bonds. The second-order valence-corrected chi connectivity index (χ2v) is 4.88. The Bertz CT molecular complexity index is 464. The van der Waals surface area contributed by atoms with Crippen molar-refractivity contribution in [3.8, 4) is 0 Å². The number of nitrogens with one attached hydrogen (secondary N) is 2. The highest BCUT2D eigenvalue weighted by molar-refractivity contribution is 5.92. The van der Waals surface area contributed by atoms with E-state index in [1.807, 2.05) is 38.1 Å². The summed E-state index contributed by atoms with van der Waals surface area (Å²) in [5, 5.41) is 5.60. The van der Waals surface area contributed by atoms with Crippen molar-refractivity contribution >= 4 is 17.5 Å². The van der Waals surface area contributed by atoms with Crippen LogP contribution in [-0.4, -0.2) is 24.5 Å². The van der Waals surface area contributed by atoms with Gasteiger partial charge in [-0.3, -0.25) is 9.59 Å². The molecule has 1 unspecified atom stereocenters. The minimum Gasteiger partial charge on any atom is -0.363 e. The molecule has 1 aliphatic heterocycles. The Morgan fingerprint density at radius 1 is 1.32 bits per heavy atom. The van der Waals surface area contributed by atoms with Gasteiger partial charge >= 0.3 is 0 Å². The number of anilines is 1. The maximum Gasteiger partial charge on any atom is 0.251 e. The van der Waals surface area contributed by atoms with Crippen molar-refractivity contribution in [3.05, 3.63) is 29.8 Å². The van der Waals surface area contributed by atoms with Crippen LogP contribution in [0.2, 0.25) is 0 Å². The summed E-state index contributed by atoms with van der Waals surface area (Å²) in [6.07, 6.45) is -0.260. The second-order valence-electron chi connectivity index (χ2n) is 4.88. The lowest BCUT2D eigenvalue weighted by Gasteiger charge is -2.09. The number of hydrogen-bond donors (Lipinski definition) is 2. The molecular weight excluding hydrogens is 244 g/mol. The predicted molar refractivity (Wildman–Crippen MR) is 71.5 cm³/mol. The molecule has 2 rings (SSSR count). The molecule has 2 N–H and O–H groups in total. The highest BCUT2D eigenvalue weighted by Crippen LogP contribution is 2.12. The zero-order valence-electron chi connectivity index (χ0n) is 11.1. The third kappa shape index (κ3) is 4.06. The number of benzene rings is 1. The summed E-state index contributed by atoms with van der Waals surface area (Å²) in [7, 11) is 0. The van der Waals surface area contributed by atoms with E-state index in [0.717, 1.165) is 11.3 Å². The Kier molecular flexibility index (Phi) is 4.16. The Labute approximate surface area is 112 Å². The molecule has 1 saturated heterocycles. The van der Waals surface area contributed by atoms with E-state index in [9.17, 15) is 9.59 Å². The Morgan fingerprint density at radius 3 is 2.47 bits per heavy atom. The highest BCUT2D eigenvalue weighted by Gasteiger charge is 2.30. The maximum atomic E-state index is 11.5. The summed E-state index contributed by atoms with van der Waals surface area (Å²) in [5.41, 5.74) is 1.75. The van der Waals surface area contributed by atoms with Crippen molar-refractivity contribution in [1.82, 2.24) is 5.32 Å². The minimum absolute atomic E-state index is 0.00747. The van der Waals surface area contributed by atoms with Gasteiger partial charge in [-0.1, -0.05) is 26.0 Å². The van der Waals surface area contributed by atoms with Gasteiger partial charge in [-0.25, -0.2) is 0 Å². The van der Waals surface area contributed by atoms with Gasteiger partial charge in [0.15, 0.2) is 6.10 Å². The summed E-state index contributed by atoms with van der Waals surface area (Å²) >= 11 is 0. The molecule has 1 aromatic carbocycles. The monoisotopic (exact) mass is 262 g/mol. The Hall–Kier alpha value is -1.88. The largest absolute Gasteiger partial charge is 0.363 e. The molecule has 1 heterocycles. The molecule has 0 radical (unpaired) electrons. The van der Waals surface area contributed by atoms with E-state index >= 15 is 0 Å². The third-order valence-electron chi connectivity index (χ3n) is 2.84. The summed E-state index contributed by atoms with van der Waals surface area (Å²) < 4.78 is 4.88. The van der Waals surface area contributed by atoms with E-state index < -0.39 is 0 Å². The molecule has 0 spiro atoms. The number of epoxide rings is 1. The van der Waals surface area contributed by atoms with E-state index in [2.05, 4.69) is 10.6 Å². The van der Waals surface area contributed by atoms with Crippen LogP contribution < -0.4 is 10.6 Å². The SMILES string of the molecule is CC(C)C(=O)Nc1ccc(CNC(=O)C2CO2)cc1. The highest BCUT2D eigenvalue weighted by atomic mass is 16.6. The molecule has 102 valence electrons. The van der Waals surface area contributed by atoms with Crippen molar-refractivity contribution in [2.24, 2.45) is 5.92 Å². The number of amides is 2. The van der Waals surface area contributed by atoms with Gasteiger partial charge in [-0.05, 0) is 17.7 Å². The molecule has 5 heteroatoms. The van der Waals surface area contributed by atoms with E-state index in [1.165, 1.54) is 0 Å². The first-order chi connectivity index (χ1) is 9.06. The zero-order valence-corrected chi connectivity index (χ0v) is 11.1. The molecular formula is C14H18N2O3. The lowest BCUT2D eigenvalue weighted by atomic mass is 10.1. The Morgan fingerprint density at radius 2 is 1.95 bits per heavy atom. The average Bonchev–Trinajstić information content (AvgIpc) is 3.21. The predicted octanol–water partition coefficient (Wildman–Crippen LogP) is 1.30. The van der Waals surface area contributed by atoms with Crippen molar-refractivity contribution in [2.45, 2.75) is 26.5 Å². The molecule has 1 aromatic rings. The van der Waals surface area contributed by atoms with E-state index in [1.54, 1.807) is 0 Å². The van der Waals surface area contributed by atoms with Gasteiger partial charge in [-0.2, -0.15) is 0 Å². The van der Waals surface area contributed by atoms with E-state index in [-0.39, 0.29) is 23.8 Å². The maximum absolute atomic E-state index is 11.5. The zero-order chi connectivity index (χ0) is 13.8. The standard InChI is InChI=1S/C14H18N2O3/c1-9(2)13(17)16-11-5-3-10(4-6-11)7-15-14(18)12-8-19-12/h3-6,9,12H,7-8H2,1-2H3,(H,15,18)(H,16,17). The van der Waals surface area contributed by atoms with Crippen molar-refractivity contribution < 1.29 is 14.3 Å². The molecule has 0 aromatic heterocycles. The van der Waals surface area contributed by atoms with Crippen LogP contribution in [0.15, 0.2) is 24.3 Å². The average molecular weight is 262 g/mol. The van der Waals surface area contributed by atoms with Crippen LogP contribution >= 0.6 is 0 Å². The van der Waals surface area contributed by atoms with Gasteiger partial charge in [0.05, 0.1) is 6.61 Å². The minimum atomic E-state index is -0.260. The van der Waals surface area contributed by atoms with Crippen LogP contribution in [0.1, 0.15) is 19.4 Å². The fourth-order valence-electron chi connectivity index (χ4n) is 1.50. The number of ether oxygens (including phenoxy) is 1. The van der Waals surface area contributed by atoms with Gasteiger partial charge in [0.1, 0.15) is 0 Å². The fraction of sp³-hybridized carbons (Fsp3) is 0.429. The van der Waals surface area contributed by atoms with Gasteiger partial charge in [0.2, 0.25) is 5.91 Å². The first kappa shape index (κ1) is 13.5. The van der Waals surface area contributed by atoms with Crippen LogP contribution in [0, 0.1) is 5.92 Å². The molecule has 1 aliphatic rings. The second kappa shape index (κ2) is 5.84. The normalized spacial score (nSPS) is 17.1. The summed E-state index contributed by atoms with van der Waals surface area (Å²) in [6.45, 7) is 4.68. The number of rotatable bonds is 5.